The molecule has 0 N–H and O–H groups in total. The lowest BCUT2D eigenvalue weighted by atomic mass is 9.85. The zero-order chi connectivity index (χ0) is 8.39. The standard InChI is InChI=1S/C11H21N/c1-2-12(9-11-6-7-11)8-10-4-3-5-10/h10-11H,2-9H2,1H3. The van der Waals surface area contributed by atoms with Gasteiger partial charge in [-0.3, -0.25) is 0 Å². The first-order chi connectivity index (χ1) is 5.88. The normalized spacial score (nSPS) is 24.5. The molecular weight excluding hydrogens is 146 g/mol. The molecule has 0 aromatic rings. The van der Waals surface area contributed by atoms with Crippen LogP contribution in [0.1, 0.15) is 39.0 Å². The summed E-state index contributed by atoms with van der Waals surface area (Å²) >= 11 is 0. The minimum absolute atomic E-state index is 1.06. The van der Waals surface area contributed by atoms with Crippen LogP contribution < -0.4 is 0 Å². The summed E-state index contributed by atoms with van der Waals surface area (Å²) in [7, 11) is 0. The van der Waals surface area contributed by atoms with Crippen molar-refractivity contribution >= 4 is 0 Å². The molecule has 2 fully saturated rings. The Labute approximate surface area is 76.1 Å². The van der Waals surface area contributed by atoms with Crippen molar-refractivity contribution in [1.82, 2.24) is 4.90 Å². The fraction of sp³-hybridized carbons (Fsp3) is 1.00. The van der Waals surface area contributed by atoms with E-state index in [1.807, 2.05) is 0 Å². The average molecular weight is 167 g/mol. The molecule has 0 bridgehead atoms. The maximum Gasteiger partial charge on any atom is 0.000966 e. The van der Waals surface area contributed by atoms with Gasteiger partial charge >= 0.3 is 0 Å². The van der Waals surface area contributed by atoms with Gasteiger partial charge in [0.05, 0.1) is 0 Å². The highest BCUT2D eigenvalue weighted by molar-refractivity contribution is 4.79. The molecule has 2 aliphatic carbocycles. The first-order valence-electron chi connectivity index (χ1n) is 5.61. The fourth-order valence-corrected chi connectivity index (χ4v) is 2.04. The first kappa shape index (κ1) is 8.55. The zero-order valence-electron chi connectivity index (χ0n) is 8.26. The van der Waals surface area contributed by atoms with Gasteiger partial charge in [0, 0.05) is 13.1 Å². The third-order valence-corrected chi connectivity index (χ3v) is 3.40. The lowest BCUT2D eigenvalue weighted by Gasteiger charge is -2.31. The first-order valence-corrected chi connectivity index (χ1v) is 5.61. The SMILES string of the molecule is CCN(CC1CCC1)CC1CC1. The van der Waals surface area contributed by atoms with E-state index in [9.17, 15) is 0 Å². The van der Waals surface area contributed by atoms with Crippen LogP contribution in [0.3, 0.4) is 0 Å². The van der Waals surface area contributed by atoms with Crippen LogP contribution in [0.2, 0.25) is 0 Å². The van der Waals surface area contributed by atoms with Crippen LogP contribution in [-0.4, -0.2) is 24.5 Å². The van der Waals surface area contributed by atoms with Crippen molar-refractivity contribution in [3.8, 4) is 0 Å². The molecule has 0 unspecified atom stereocenters. The molecule has 12 heavy (non-hydrogen) atoms. The third kappa shape index (κ3) is 2.22. The Kier molecular flexibility index (Phi) is 2.69. The molecule has 0 heterocycles. The Morgan fingerprint density at radius 2 is 1.58 bits per heavy atom. The number of nitrogens with zero attached hydrogens (tertiary/aromatic N) is 1. The molecule has 0 radical (unpaired) electrons. The molecule has 0 aromatic carbocycles. The molecule has 0 aliphatic heterocycles. The molecule has 0 saturated heterocycles. The highest BCUT2D eigenvalue weighted by Gasteiger charge is 2.26. The predicted molar refractivity (Wildman–Crippen MR) is 52.2 cm³/mol. The monoisotopic (exact) mass is 167 g/mol. The van der Waals surface area contributed by atoms with Gasteiger partial charge < -0.3 is 4.90 Å². The molecule has 2 rings (SSSR count). The predicted octanol–water partition coefficient (Wildman–Crippen LogP) is 2.52. The van der Waals surface area contributed by atoms with Crippen LogP contribution >= 0.6 is 0 Å². The molecule has 2 aliphatic rings. The Bertz CT molecular complexity index is 136. The number of rotatable bonds is 5. The van der Waals surface area contributed by atoms with Crippen molar-refractivity contribution in [3.05, 3.63) is 0 Å². The van der Waals surface area contributed by atoms with Gasteiger partial charge in [-0.05, 0) is 44.1 Å². The van der Waals surface area contributed by atoms with Crippen molar-refractivity contribution in [3.63, 3.8) is 0 Å². The topological polar surface area (TPSA) is 3.24 Å². The summed E-state index contributed by atoms with van der Waals surface area (Å²) in [5, 5.41) is 0. The maximum atomic E-state index is 2.67. The summed E-state index contributed by atoms with van der Waals surface area (Å²) in [6.45, 7) is 6.37. The van der Waals surface area contributed by atoms with Crippen LogP contribution in [0, 0.1) is 11.8 Å². The largest absolute Gasteiger partial charge is 0.303 e. The highest BCUT2D eigenvalue weighted by atomic mass is 15.1. The van der Waals surface area contributed by atoms with E-state index in [2.05, 4.69) is 11.8 Å². The van der Waals surface area contributed by atoms with Gasteiger partial charge in [-0.25, -0.2) is 0 Å². The summed E-state index contributed by atoms with van der Waals surface area (Å²) < 4.78 is 0. The number of hydrogen-bond acceptors (Lipinski definition) is 1. The Balaban J connectivity index is 1.65. The lowest BCUT2D eigenvalue weighted by molar-refractivity contribution is 0.179. The third-order valence-electron chi connectivity index (χ3n) is 3.40. The fourth-order valence-electron chi connectivity index (χ4n) is 2.04. The summed E-state index contributed by atoms with van der Waals surface area (Å²) in [6, 6.07) is 0. The van der Waals surface area contributed by atoms with Gasteiger partial charge in [0.15, 0.2) is 0 Å². The van der Waals surface area contributed by atoms with E-state index >= 15 is 0 Å². The quantitative estimate of drug-likeness (QED) is 0.608. The molecule has 1 heteroatoms. The van der Waals surface area contributed by atoms with Crippen LogP contribution in [0.4, 0.5) is 0 Å². The summed E-state index contributed by atoms with van der Waals surface area (Å²) in [4.78, 5) is 2.67. The van der Waals surface area contributed by atoms with E-state index in [1.165, 1.54) is 51.7 Å². The molecule has 0 atom stereocenters. The van der Waals surface area contributed by atoms with Crippen LogP contribution in [0.15, 0.2) is 0 Å². The summed E-state index contributed by atoms with van der Waals surface area (Å²) in [5.41, 5.74) is 0. The second kappa shape index (κ2) is 3.78. The molecular formula is C11H21N. The minimum Gasteiger partial charge on any atom is -0.303 e. The van der Waals surface area contributed by atoms with Crippen molar-refractivity contribution in [2.45, 2.75) is 39.0 Å². The van der Waals surface area contributed by atoms with Crippen LogP contribution in [0.5, 0.6) is 0 Å². The summed E-state index contributed by atoms with van der Waals surface area (Å²) in [5.74, 6) is 2.13. The van der Waals surface area contributed by atoms with Crippen molar-refractivity contribution in [2.24, 2.45) is 11.8 Å². The average Bonchev–Trinajstić information content (AvgIpc) is 2.77. The molecule has 70 valence electrons. The second-order valence-electron chi connectivity index (χ2n) is 4.59. The Morgan fingerprint density at radius 1 is 1.00 bits per heavy atom. The molecule has 0 aromatic heterocycles. The smallest absolute Gasteiger partial charge is 0.000966 e. The molecule has 2 saturated carbocycles. The number of hydrogen-bond donors (Lipinski definition) is 0. The van der Waals surface area contributed by atoms with Crippen molar-refractivity contribution in [1.29, 1.82) is 0 Å². The van der Waals surface area contributed by atoms with E-state index in [0.29, 0.717) is 0 Å². The molecule has 1 nitrogen and oxygen atoms in total. The van der Waals surface area contributed by atoms with Gasteiger partial charge in [0.1, 0.15) is 0 Å². The van der Waals surface area contributed by atoms with E-state index in [4.69, 9.17) is 0 Å². The van der Waals surface area contributed by atoms with E-state index in [-0.39, 0.29) is 0 Å². The minimum atomic E-state index is 1.06. The van der Waals surface area contributed by atoms with Crippen LogP contribution in [-0.2, 0) is 0 Å². The van der Waals surface area contributed by atoms with Gasteiger partial charge in [-0.15, -0.1) is 0 Å². The van der Waals surface area contributed by atoms with Crippen molar-refractivity contribution in [2.75, 3.05) is 19.6 Å². The van der Waals surface area contributed by atoms with Gasteiger partial charge in [0.2, 0.25) is 0 Å². The zero-order valence-corrected chi connectivity index (χ0v) is 8.26. The van der Waals surface area contributed by atoms with Gasteiger partial charge in [0.25, 0.3) is 0 Å². The Hall–Kier alpha value is -0.0400. The van der Waals surface area contributed by atoms with Crippen molar-refractivity contribution < 1.29 is 0 Å². The van der Waals surface area contributed by atoms with Gasteiger partial charge in [-0.2, -0.15) is 0 Å². The van der Waals surface area contributed by atoms with E-state index in [0.717, 1.165) is 11.8 Å². The summed E-state index contributed by atoms with van der Waals surface area (Å²) in [6.07, 6.45) is 7.50. The van der Waals surface area contributed by atoms with Gasteiger partial charge in [-0.1, -0.05) is 13.3 Å². The van der Waals surface area contributed by atoms with E-state index < -0.39 is 0 Å². The Morgan fingerprint density at radius 3 is 1.92 bits per heavy atom. The molecule has 0 spiro atoms. The lowest BCUT2D eigenvalue weighted by Crippen LogP contribution is -2.33. The maximum absolute atomic E-state index is 2.67. The highest BCUT2D eigenvalue weighted by Crippen LogP contribution is 2.32. The van der Waals surface area contributed by atoms with E-state index in [1.54, 1.807) is 0 Å². The van der Waals surface area contributed by atoms with Crippen LogP contribution in [0.25, 0.3) is 0 Å². The second-order valence-corrected chi connectivity index (χ2v) is 4.59. The molecule has 0 amide bonds.